The van der Waals surface area contributed by atoms with Crippen molar-refractivity contribution in [3.05, 3.63) is 71.8 Å². The highest BCUT2D eigenvalue weighted by Crippen LogP contribution is 2.65. The van der Waals surface area contributed by atoms with Gasteiger partial charge in [0.25, 0.3) is 0 Å². The van der Waals surface area contributed by atoms with E-state index in [4.69, 9.17) is 18.8 Å². The normalized spacial score (nSPS) is 29.5. The van der Waals surface area contributed by atoms with E-state index in [0.29, 0.717) is 31.3 Å². The highest BCUT2D eigenvalue weighted by molar-refractivity contribution is 6.47. The highest BCUT2D eigenvalue weighted by atomic mass is 16.7. The molecule has 3 saturated carbocycles. The number of likely N-dealkylation sites (tertiary alicyclic amines) is 1. The highest BCUT2D eigenvalue weighted by Gasteiger charge is 2.68. The Morgan fingerprint density at radius 2 is 1.59 bits per heavy atom. The molecule has 3 aliphatic carbocycles. The molecule has 1 unspecified atom stereocenters. The van der Waals surface area contributed by atoms with E-state index < -0.39 is 30.9 Å². The van der Waals surface area contributed by atoms with E-state index in [-0.39, 0.29) is 54.4 Å². The van der Waals surface area contributed by atoms with Gasteiger partial charge in [-0.2, -0.15) is 0 Å². The topological polar surface area (TPSA) is 115 Å². The van der Waals surface area contributed by atoms with Gasteiger partial charge in [0.15, 0.2) is 0 Å². The molecule has 2 bridgehead atoms. The van der Waals surface area contributed by atoms with Crippen LogP contribution in [-0.4, -0.2) is 72.3 Å². The number of carbonyl (C=O) groups is 3. The van der Waals surface area contributed by atoms with E-state index in [0.717, 1.165) is 24.0 Å². The largest absolute Gasteiger partial charge is 0.481 e. The summed E-state index contributed by atoms with van der Waals surface area (Å²) in [6.07, 6.45) is 1.99. The number of hydrogen-bond acceptors (Lipinski definition) is 7. The molecule has 3 amide bonds. The smallest absolute Gasteiger partial charge is 0.445 e. The van der Waals surface area contributed by atoms with Gasteiger partial charge < -0.3 is 34.3 Å². The molecule has 7 rings (SSSR count). The van der Waals surface area contributed by atoms with E-state index in [9.17, 15) is 14.4 Å². The number of nitrogens with one attached hydrogen (secondary N) is 2. The maximum atomic E-state index is 14.2. The number of carbonyl (C=O) groups excluding carboxylic acids is 3. The standard InChI is InChI=1S/C38H52BN3O7/c1-7-32(39-48-31-19-27-18-30(37(27,4)5)38(31,6)49-39)40-34(43)29-20-28(46-22-25-14-10-8-11-15-25)21-42(29)35(44)33(24(2)3)41-36(45)47-23-26-16-12-9-13-17-26/h8-17,24,27-33H,7,18-23H2,1-6H3,(H,40,43)(H,41,45)/t27-,28-,29+,30-,31?,32+,33+,38+/m1/s1. The van der Waals surface area contributed by atoms with Crippen LogP contribution in [-0.2, 0) is 41.6 Å². The number of benzene rings is 2. The molecule has 264 valence electrons. The minimum atomic E-state index is -0.896. The second kappa shape index (κ2) is 14.4. The van der Waals surface area contributed by atoms with Crippen LogP contribution in [0.4, 0.5) is 4.79 Å². The number of alkyl carbamates (subject to hydrolysis) is 1. The lowest BCUT2D eigenvalue weighted by Gasteiger charge is -2.64. The fraction of sp³-hybridized carbons (Fsp3) is 0.605. The molecule has 2 saturated heterocycles. The molecule has 2 heterocycles. The summed E-state index contributed by atoms with van der Waals surface area (Å²) >= 11 is 0. The van der Waals surface area contributed by atoms with Gasteiger partial charge in [-0.1, -0.05) is 95.3 Å². The lowest BCUT2D eigenvalue weighted by atomic mass is 9.43. The average molecular weight is 674 g/mol. The first-order valence-corrected chi connectivity index (χ1v) is 18.0. The number of nitrogens with zero attached hydrogens (tertiary/aromatic N) is 1. The predicted molar refractivity (Wildman–Crippen MR) is 186 cm³/mol. The van der Waals surface area contributed by atoms with Crippen molar-refractivity contribution >= 4 is 25.0 Å². The molecule has 10 nitrogen and oxygen atoms in total. The van der Waals surface area contributed by atoms with Gasteiger partial charge in [0.05, 0.1) is 30.4 Å². The predicted octanol–water partition coefficient (Wildman–Crippen LogP) is 5.29. The van der Waals surface area contributed by atoms with Crippen molar-refractivity contribution < 1.29 is 33.2 Å². The first-order chi connectivity index (χ1) is 23.4. The summed E-state index contributed by atoms with van der Waals surface area (Å²) in [6.45, 7) is 13.2. The zero-order valence-electron chi connectivity index (χ0n) is 29.7. The lowest BCUT2D eigenvalue weighted by molar-refractivity contribution is -0.199. The fourth-order valence-electron chi connectivity index (χ4n) is 8.50. The second-order valence-corrected chi connectivity index (χ2v) is 15.4. The number of ether oxygens (including phenoxy) is 2. The van der Waals surface area contributed by atoms with Crippen molar-refractivity contribution in [1.29, 1.82) is 0 Å². The van der Waals surface area contributed by atoms with Crippen LogP contribution in [0, 0.1) is 23.2 Å². The number of amides is 3. The van der Waals surface area contributed by atoms with E-state index in [1.54, 1.807) is 4.90 Å². The van der Waals surface area contributed by atoms with Crippen LogP contribution in [0.1, 0.15) is 78.4 Å². The van der Waals surface area contributed by atoms with Crippen LogP contribution in [0.5, 0.6) is 0 Å². The zero-order chi connectivity index (χ0) is 34.9. The van der Waals surface area contributed by atoms with Crippen molar-refractivity contribution in [3.8, 4) is 0 Å². The van der Waals surface area contributed by atoms with Crippen LogP contribution < -0.4 is 10.6 Å². The minimum Gasteiger partial charge on any atom is -0.445 e. The number of hydrogen-bond donors (Lipinski definition) is 2. The van der Waals surface area contributed by atoms with Gasteiger partial charge in [0.2, 0.25) is 11.8 Å². The fourth-order valence-corrected chi connectivity index (χ4v) is 8.50. The molecule has 0 spiro atoms. The molecule has 2 N–H and O–H groups in total. The Morgan fingerprint density at radius 1 is 0.939 bits per heavy atom. The summed E-state index contributed by atoms with van der Waals surface area (Å²) < 4.78 is 24.9. The quantitative estimate of drug-likeness (QED) is 0.295. The third-order valence-corrected chi connectivity index (χ3v) is 11.7. The first kappa shape index (κ1) is 35.4. The molecule has 0 radical (unpaired) electrons. The van der Waals surface area contributed by atoms with E-state index in [1.165, 1.54) is 0 Å². The van der Waals surface area contributed by atoms with Gasteiger partial charge in [-0.15, -0.1) is 0 Å². The van der Waals surface area contributed by atoms with Crippen molar-refractivity contribution in [2.45, 2.75) is 116 Å². The lowest BCUT2D eigenvalue weighted by Crippen LogP contribution is -2.65. The molecule has 11 heteroatoms. The Hall–Kier alpha value is -3.41. The molecule has 8 atom stereocenters. The summed E-state index contributed by atoms with van der Waals surface area (Å²) in [4.78, 5) is 42.8. The molecule has 0 aromatic heterocycles. The van der Waals surface area contributed by atoms with Gasteiger partial charge in [0, 0.05) is 13.0 Å². The maximum Gasteiger partial charge on any atom is 0.481 e. The van der Waals surface area contributed by atoms with Crippen LogP contribution in [0.25, 0.3) is 0 Å². The summed E-state index contributed by atoms with van der Waals surface area (Å²) in [7, 11) is -0.570. The van der Waals surface area contributed by atoms with Gasteiger partial charge in [-0.25, -0.2) is 4.79 Å². The summed E-state index contributed by atoms with van der Waals surface area (Å²) in [5.41, 5.74) is 1.67. The van der Waals surface area contributed by atoms with Crippen LogP contribution in [0.15, 0.2) is 60.7 Å². The molecule has 5 fully saturated rings. The average Bonchev–Trinajstić information content (AvgIpc) is 3.69. The van der Waals surface area contributed by atoms with Crippen molar-refractivity contribution in [3.63, 3.8) is 0 Å². The van der Waals surface area contributed by atoms with Crippen molar-refractivity contribution in [2.24, 2.45) is 23.2 Å². The van der Waals surface area contributed by atoms with E-state index >= 15 is 0 Å². The third-order valence-electron chi connectivity index (χ3n) is 11.7. The monoisotopic (exact) mass is 673 g/mol. The SMILES string of the molecule is CC[C@H](NC(=O)[C@@H]1C[C@@H](OCc2ccccc2)CN1C(=O)[C@@H](NC(=O)OCc1ccccc1)C(C)C)B1OC2C[C@H]3C[C@H](C3(C)C)[C@]2(C)O1. The third kappa shape index (κ3) is 7.26. The zero-order valence-corrected chi connectivity index (χ0v) is 29.7. The molecular formula is C38H52BN3O7. The van der Waals surface area contributed by atoms with Gasteiger partial charge in [0.1, 0.15) is 18.7 Å². The van der Waals surface area contributed by atoms with Crippen molar-refractivity contribution in [2.75, 3.05) is 6.54 Å². The Bertz CT molecular complexity index is 1480. The van der Waals surface area contributed by atoms with Crippen LogP contribution in [0.3, 0.4) is 0 Å². The molecule has 2 aliphatic heterocycles. The number of rotatable bonds is 12. The van der Waals surface area contributed by atoms with Gasteiger partial charge in [-0.3, -0.25) is 9.59 Å². The molecule has 2 aromatic rings. The molecule has 5 aliphatic rings. The molecule has 49 heavy (non-hydrogen) atoms. The van der Waals surface area contributed by atoms with E-state index in [1.807, 2.05) is 81.4 Å². The molecule has 2 aromatic carbocycles. The minimum absolute atomic E-state index is 0.0000666. The van der Waals surface area contributed by atoms with Crippen LogP contribution >= 0.6 is 0 Å². The first-order valence-electron chi connectivity index (χ1n) is 18.0. The van der Waals surface area contributed by atoms with Gasteiger partial charge >= 0.3 is 13.2 Å². The Morgan fingerprint density at radius 3 is 2.20 bits per heavy atom. The summed E-state index contributed by atoms with van der Waals surface area (Å²) in [5.74, 6) is -0.239. The maximum absolute atomic E-state index is 14.2. The Balaban J connectivity index is 1.15. The Labute approximate surface area is 291 Å². The van der Waals surface area contributed by atoms with Gasteiger partial charge in [-0.05, 0) is 60.5 Å². The van der Waals surface area contributed by atoms with Crippen LogP contribution in [0.2, 0.25) is 0 Å². The summed E-state index contributed by atoms with van der Waals surface area (Å²) in [5, 5.41) is 5.98. The second-order valence-electron chi connectivity index (χ2n) is 15.4. The summed E-state index contributed by atoms with van der Waals surface area (Å²) in [6, 6.07) is 17.5. The molecular weight excluding hydrogens is 621 g/mol. The Kier molecular flexibility index (Phi) is 10.4. The van der Waals surface area contributed by atoms with Crippen molar-refractivity contribution in [1.82, 2.24) is 15.5 Å². The van der Waals surface area contributed by atoms with E-state index in [2.05, 4.69) is 31.4 Å².